The molecule has 1 aromatic rings. The molecular weight excluding hydrogens is 261 g/mol. The molecule has 0 unspecified atom stereocenters. The van der Waals surface area contributed by atoms with Gasteiger partial charge in [0.1, 0.15) is 6.21 Å². The number of hydrogen-bond donors (Lipinski definition) is 1. The maximum atomic E-state index is 12.7. The highest BCUT2D eigenvalue weighted by molar-refractivity contribution is 5.79. The Balaban J connectivity index is 3.26. The monoisotopic (exact) mass is 274 g/mol. The Morgan fingerprint density at radius 3 is 2.37 bits per heavy atom. The molecule has 19 heavy (non-hydrogen) atoms. The highest BCUT2D eigenvalue weighted by Gasteiger charge is 2.34. The lowest BCUT2D eigenvalue weighted by atomic mass is 10.1. The second-order valence-electron chi connectivity index (χ2n) is 4.44. The van der Waals surface area contributed by atoms with Crippen LogP contribution in [0.1, 0.15) is 25.0 Å². The number of hydroxylamine groups is 1. The van der Waals surface area contributed by atoms with Gasteiger partial charge in [-0.05, 0) is 12.1 Å². The van der Waals surface area contributed by atoms with Crippen molar-refractivity contribution in [1.29, 1.82) is 0 Å². The van der Waals surface area contributed by atoms with Crippen LogP contribution in [0.2, 0.25) is 0 Å². The molecule has 0 fully saturated rings. The van der Waals surface area contributed by atoms with Crippen molar-refractivity contribution in [2.75, 3.05) is 0 Å². The Labute approximate surface area is 108 Å². The predicted molar refractivity (Wildman–Crippen MR) is 64.6 cm³/mol. The fraction of sp³-hybridized carbons (Fsp3) is 0.333. The molecule has 0 aliphatic rings. The molecule has 1 N–H and O–H groups in total. The predicted octanol–water partition coefficient (Wildman–Crippen LogP) is 2.87. The normalized spacial score (nSPS) is 14.1. The summed E-state index contributed by atoms with van der Waals surface area (Å²) in [6.45, 7) is 2.82. The largest absolute Gasteiger partial charge is 0.623 e. The van der Waals surface area contributed by atoms with Gasteiger partial charge in [-0.2, -0.15) is 13.2 Å². The Bertz CT molecular complexity index is 508. The fourth-order valence-electron chi connectivity index (χ4n) is 1.36. The smallest absolute Gasteiger partial charge is 0.417 e. The van der Waals surface area contributed by atoms with E-state index in [0.29, 0.717) is 4.74 Å². The molecule has 0 radical (unpaired) electrons. The number of benzene rings is 1. The van der Waals surface area contributed by atoms with E-state index in [1.54, 1.807) is 0 Å². The highest BCUT2D eigenvalue weighted by atomic mass is 19.4. The van der Waals surface area contributed by atoms with Crippen molar-refractivity contribution in [3.8, 4) is 0 Å². The number of alkyl halides is 3. The van der Waals surface area contributed by atoms with Gasteiger partial charge in [0.05, 0.1) is 11.1 Å². The van der Waals surface area contributed by atoms with Crippen molar-refractivity contribution in [2.24, 2.45) is 5.16 Å². The topological polar surface area (TPSA) is 58.7 Å². The third-order valence-electron chi connectivity index (χ3n) is 2.46. The molecule has 0 saturated heterocycles. The SMILES string of the molecule is CC(C)(C=NO)/[N+]([O-])=C/c1ccccc1C(F)(F)F. The average molecular weight is 274 g/mol. The van der Waals surface area contributed by atoms with Crippen molar-refractivity contribution in [3.05, 3.63) is 40.6 Å². The first-order chi connectivity index (χ1) is 8.68. The number of nitrogens with zero attached hydrogens (tertiary/aromatic N) is 2. The summed E-state index contributed by atoms with van der Waals surface area (Å²) in [5, 5.41) is 22.9. The summed E-state index contributed by atoms with van der Waals surface area (Å²) in [7, 11) is 0. The first-order valence-corrected chi connectivity index (χ1v) is 5.34. The Hall–Kier alpha value is -2.05. The number of hydrogen-bond acceptors (Lipinski definition) is 3. The summed E-state index contributed by atoms with van der Waals surface area (Å²) < 4.78 is 38.5. The van der Waals surface area contributed by atoms with Gasteiger partial charge < -0.3 is 10.4 Å². The molecule has 1 aromatic carbocycles. The Morgan fingerprint density at radius 2 is 1.84 bits per heavy atom. The zero-order chi connectivity index (χ0) is 14.7. The summed E-state index contributed by atoms with van der Waals surface area (Å²) in [5.41, 5.74) is -2.40. The quantitative estimate of drug-likeness (QED) is 0.303. The average Bonchev–Trinajstić information content (AvgIpc) is 2.28. The van der Waals surface area contributed by atoms with Gasteiger partial charge in [-0.1, -0.05) is 17.3 Å². The lowest BCUT2D eigenvalue weighted by Gasteiger charge is -2.19. The molecule has 0 aliphatic heterocycles. The Kier molecular flexibility index (Phi) is 4.18. The van der Waals surface area contributed by atoms with Gasteiger partial charge in [-0.25, -0.2) is 4.74 Å². The van der Waals surface area contributed by atoms with Gasteiger partial charge in [0.25, 0.3) is 0 Å². The van der Waals surface area contributed by atoms with Gasteiger partial charge in [0.15, 0.2) is 6.21 Å². The van der Waals surface area contributed by atoms with E-state index in [-0.39, 0.29) is 5.56 Å². The van der Waals surface area contributed by atoms with Crippen LogP contribution in [0.3, 0.4) is 0 Å². The third-order valence-corrected chi connectivity index (χ3v) is 2.46. The summed E-state index contributed by atoms with van der Waals surface area (Å²) >= 11 is 0. The van der Waals surface area contributed by atoms with Crippen LogP contribution in [0.25, 0.3) is 0 Å². The van der Waals surface area contributed by atoms with Gasteiger partial charge in [-0.15, -0.1) is 0 Å². The van der Waals surface area contributed by atoms with Crippen LogP contribution in [0.15, 0.2) is 29.4 Å². The van der Waals surface area contributed by atoms with Crippen molar-refractivity contribution in [1.82, 2.24) is 0 Å². The number of halogens is 3. The summed E-state index contributed by atoms with van der Waals surface area (Å²) in [6, 6.07) is 4.74. The molecule has 0 atom stereocenters. The molecule has 104 valence electrons. The van der Waals surface area contributed by atoms with Crippen molar-refractivity contribution in [3.63, 3.8) is 0 Å². The summed E-state index contributed by atoms with van der Waals surface area (Å²) in [4.78, 5) is 0. The number of oxime groups is 1. The molecular formula is C12H13F3N2O2. The lowest BCUT2D eigenvalue weighted by Crippen LogP contribution is -2.35. The summed E-state index contributed by atoms with van der Waals surface area (Å²) in [6.07, 6.45) is -2.78. The standard InChI is InChI=1S/C12H13F3N2O2/c1-11(2,8-16-18)17(19)7-9-5-3-4-6-10(9)12(13,14)15/h3-8,18H,1-2H3/b16-8?,17-7-. The molecule has 0 amide bonds. The van der Waals surface area contributed by atoms with E-state index in [4.69, 9.17) is 5.21 Å². The van der Waals surface area contributed by atoms with Crippen LogP contribution in [-0.4, -0.2) is 27.9 Å². The van der Waals surface area contributed by atoms with Gasteiger partial charge in [-0.3, -0.25) is 0 Å². The van der Waals surface area contributed by atoms with Crippen LogP contribution >= 0.6 is 0 Å². The zero-order valence-electron chi connectivity index (χ0n) is 10.3. The number of rotatable bonds is 3. The zero-order valence-corrected chi connectivity index (χ0v) is 10.3. The van der Waals surface area contributed by atoms with Crippen molar-refractivity contribution >= 4 is 12.4 Å². The minimum atomic E-state index is -4.54. The van der Waals surface area contributed by atoms with Crippen LogP contribution < -0.4 is 0 Å². The van der Waals surface area contributed by atoms with Gasteiger partial charge in [0.2, 0.25) is 5.54 Å². The molecule has 4 nitrogen and oxygen atoms in total. The lowest BCUT2D eigenvalue weighted by molar-refractivity contribution is -0.511. The molecule has 7 heteroatoms. The molecule has 0 aliphatic carbocycles. The summed E-state index contributed by atoms with van der Waals surface area (Å²) in [5.74, 6) is 0. The van der Waals surface area contributed by atoms with Crippen molar-refractivity contribution < 1.29 is 23.1 Å². The maximum Gasteiger partial charge on any atom is 0.417 e. The molecule has 0 spiro atoms. The molecule has 0 bridgehead atoms. The maximum absolute atomic E-state index is 12.7. The van der Waals surface area contributed by atoms with E-state index in [1.165, 1.54) is 32.0 Å². The first kappa shape index (κ1) is 15.0. The molecule has 0 aromatic heterocycles. The van der Waals surface area contributed by atoms with E-state index in [2.05, 4.69) is 5.16 Å². The molecule has 0 heterocycles. The minimum absolute atomic E-state index is 0.246. The molecule has 0 saturated carbocycles. The fourth-order valence-corrected chi connectivity index (χ4v) is 1.36. The van der Waals surface area contributed by atoms with E-state index < -0.39 is 17.3 Å². The van der Waals surface area contributed by atoms with E-state index in [1.807, 2.05) is 0 Å². The first-order valence-electron chi connectivity index (χ1n) is 5.34. The minimum Gasteiger partial charge on any atom is -0.623 e. The van der Waals surface area contributed by atoms with E-state index in [0.717, 1.165) is 18.5 Å². The van der Waals surface area contributed by atoms with E-state index >= 15 is 0 Å². The second kappa shape index (κ2) is 5.29. The van der Waals surface area contributed by atoms with Crippen molar-refractivity contribution in [2.45, 2.75) is 25.6 Å². The second-order valence-corrected chi connectivity index (χ2v) is 4.44. The third kappa shape index (κ3) is 3.70. The van der Waals surface area contributed by atoms with E-state index in [9.17, 15) is 18.4 Å². The van der Waals surface area contributed by atoms with Crippen LogP contribution in [0.5, 0.6) is 0 Å². The highest BCUT2D eigenvalue weighted by Crippen LogP contribution is 2.31. The van der Waals surface area contributed by atoms with Gasteiger partial charge >= 0.3 is 6.18 Å². The van der Waals surface area contributed by atoms with Crippen LogP contribution in [-0.2, 0) is 6.18 Å². The Morgan fingerprint density at radius 1 is 1.26 bits per heavy atom. The van der Waals surface area contributed by atoms with Crippen LogP contribution in [0, 0.1) is 5.21 Å². The van der Waals surface area contributed by atoms with Crippen LogP contribution in [0.4, 0.5) is 13.2 Å². The molecule has 1 rings (SSSR count). The van der Waals surface area contributed by atoms with Gasteiger partial charge in [0, 0.05) is 13.8 Å².